The highest BCUT2D eigenvalue weighted by atomic mass is 35.5. The monoisotopic (exact) mass is 593 g/mol. The number of nitrogens with zero attached hydrogens (tertiary/aromatic N) is 3. The van der Waals surface area contributed by atoms with Gasteiger partial charge in [-0.05, 0) is 36.0 Å². The summed E-state index contributed by atoms with van der Waals surface area (Å²) < 4.78 is 28.8. The Morgan fingerprint density at radius 1 is 1.18 bits per heavy atom. The van der Waals surface area contributed by atoms with Crippen LogP contribution in [0.15, 0.2) is 30.3 Å². The van der Waals surface area contributed by atoms with Gasteiger partial charge in [0, 0.05) is 25.9 Å². The van der Waals surface area contributed by atoms with E-state index in [1.807, 2.05) is 28.8 Å². The average Bonchev–Trinajstić information content (AvgIpc) is 3.51. The number of rotatable bonds is 10. The molecule has 10 nitrogen and oxygen atoms in total. The molecule has 0 bridgehead atoms. The maximum Gasteiger partial charge on any atom is 0.301 e. The molecule has 4 atom stereocenters. The van der Waals surface area contributed by atoms with E-state index in [0.29, 0.717) is 34.5 Å². The Morgan fingerprint density at radius 2 is 1.90 bits per heavy atom. The van der Waals surface area contributed by atoms with Crippen LogP contribution in [0, 0.1) is 0 Å². The van der Waals surface area contributed by atoms with Crippen LogP contribution in [-0.4, -0.2) is 83.7 Å². The predicted molar refractivity (Wildman–Crippen MR) is 162 cm³/mol. The Hall–Kier alpha value is -2.16. The number of aliphatic hydroxyl groups is 1. The number of nitrogens with one attached hydrogen (secondary N) is 1. The van der Waals surface area contributed by atoms with Gasteiger partial charge in [0.2, 0.25) is 0 Å². The van der Waals surface area contributed by atoms with Crippen molar-refractivity contribution in [3.8, 4) is 17.3 Å². The quantitative estimate of drug-likeness (QED) is 0.183. The Labute approximate surface area is 235 Å². The number of fused-ring (bicyclic) bond motifs is 2. The zero-order valence-electron chi connectivity index (χ0n) is 22.4. The Kier molecular flexibility index (Phi) is 8.01. The first-order valence-electron chi connectivity index (χ1n) is 12.8. The maximum atomic E-state index is 10.1. The number of pyridine rings is 1. The van der Waals surface area contributed by atoms with Crippen molar-refractivity contribution in [3.63, 3.8) is 0 Å². The number of ether oxygens (including phenoxy) is 4. The lowest BCUT2D eigenvalue weighted by atomic mass is 10.1. The molecule has 39 heavy (non-hydrogen) atoms. The molecule has 212 valence electrons. The Morgan fingerprint density at radius 3 is 2.59 bits per heavy atom. The lowest BCUT2D eigenvalue weighted by molar-refractivity contribution is 0.00336. The second-order valence-corrected chi connectivity index (χ2v) is 19.4. The van der Waals surface area contributed by atoms with Crippen molar-refractivity contribution in [1.29, 1.82) is 0 Å². The minimum Gasteiger partial charge on any atom is -0.456 e. The molecule has 1 aromatic carbocycles. The van der Waals surface area contributed by atoms with E-state index in [9.17, 15) is 5.11 Å². The zero-order chi connectivity index (χ0) is 27.9. The fraction of sp³-hybridized carbons (Fsp3) is 0.462. The van der Waals surface area contributed by atoms with E-state index in [-0.39, 0.29) is 26.0 Å². The number of hydrogen-bond donors (Lipinski definition) is 3. The third kappa shape index (κ3) is 6.60. The van der Waals surface area contributed by atoms with Gasteiger partial charge in [0.1, 0.15) is 30.6 Å². The first kappa shape index (κ1) is 28.4. The van der Waals surface area contributed by atoms with Crippen molar-refractivity contribution >= 4 is 57.8 Å². The molecule has 2 aliphatic heterocycles. The minimum atomic E-state index is -1.89. The molecule has 3 aromatic rings. The van der Waals surface area contributed by atoms with Crippen molar-refractivity contribution in [2.75, 3.05) is 24.5 Å². The zero-order valence-corrected chi connectivity index (χ0v) is 25.0. The summed E-state index contributed by atoms with van der Waals surface area (Å²) in [5.41, 5.74) is 3.41. The molecule has 2 saturated heterocycles. The summed E-state index contributed by atoms with van der Waals surface area (Å²) in [6.07, 6.45) is -1.86. The second-order valence-electron chi connectivity index (χ2n) is 11.3. The molecule has 0 saturated carbocycles. The molecule has 0 aliphatic carbocycles. The van der Waals surface area contributed by atoms with Crippen molar-refractivity contribution < 1.29 is 24.1 Å². The van der Waals surface area contributed by atoms with E-state index in [1.165, 1.54) is 0 Å². The van der Waals surface area contributed by atoms with Crippen molar-refractivity contribution in [1.82, 2.24) is 14.5 Å². The molecule has 2 fully saturated rings. The van der Waals surface area contributed by atoms with Gasteiger partial charge < -0.3 is 28.8 Å². The van der Waals surface area contributed by atoms with E-state index in [4.69, 9.17) is 45.7 Å². The van der Waals surface area contributed by atoms with Gasteiger partial charge in [-0.15, -0.1) is 0 Å². The Bertz CT molecular complexity index is 1440. The van der Waals surface area contributed by atoms with Gasteiger partial charge >= 0.3 is 6.01 Å². The second kappa shape index (κ2) is 11.0. The molecule has 2 aliphatic rings. The number of aromatic nitrogens is 3. The van der Waals surface area contributed by atoms with Gasteiger partial charge in [0.25, 0.3) is 0 Å². The minimum absolute atomic E-state index is 0.215. The van der Waals surface area contributed by atoms with Crippen LogP contribution in [-0.2, 0) is 20.9 Å². The van der Waals surface area contributed by atoms with Crippen LogP contribution < -0.4 is 14.6 Å². The fourth-order valence-electron chi connectivity index (χ4n) is 4.56. The molecule has 0 spiro atoms. The van der Waals surface area contributed by atoms with Crippen LogP contribution in [0.4, 0.5) is 5.69 Å². The summed E-state index contributed by atoms with van der Waals surface area (Å²) in [6, 6.07) is 10.7. The summed E-state index contributed by atoms with van der Waals surface area (Å²) in [5, 5.41) is 16.5. The molecular formula is C26H36ClN5O5SSi. The van der Waals surface area contributed by atoms with E-state index in [2.05, 4.69) is 36.1 Å². The molecule has 4 N–H and O–H groups in total. The standard InChI is InChI=1S/C26H36ClN5O5SSi/c1-38(2,28)31-17-8-6-16(7-9-17)22-18(27)12-19-25(30-22)32(15-34-10-11-39(3,4)5)26(29-19)37-21-14-36-23-20(33)13-35-24(21)23/h6-9,12,20-21,23-24,31,33H,1-2,10-11,13-15,28H2,3-5H3. The van der Waals surface area contributed by atoms with Crippen molar-refractivity contribution in [2.45, 2.75) is 56.8 Å². The number of benzene rings is 1. The SMILES string of the molecule is C=S(=C)(N)Nc1ccc(-c2nc3c(cc2Cl)nc(OC2COC4C(O)COC24)n3COCC[Si](C)(C)C)cc1. The van der Waals surface area contributed by atoms with Crippen LogP contribution in [0.5, 0.6) is 6.01 Å². The highest BCUT2D eigenvalue weighted by Crippen LogP contribution is 2.34. The van der Waals surface area contributed by atoms with Crippen molar-refractivity contribution in [2.24, 2.45) is 5.14 Å². The van der Waals surface area contributed by atoms with Crippen LogP contribution in [0.3, 0.4) is 0 Å². The molecule has 0 radical (unpaired) electrons. The van der Waals surface area contributed by atoms with E-state index >= 15 is 0 Å². The molecule has 0 amide bonds. The largest absolute Gasteiger partial charge is 0.456 e. The third-order valence-corrected chi connectivity index (χ3v) is 9.21. The van der Waals surface area contributed by atoms with Gasteiger partial charge in [-0.25, -0.2) is 4.98 Å². The van der Waals surface area contributed by atoms with Crippen LogP contribution >= 0.6 is 21.2 Å². The molecule has 5 rings (SSSR count). The molecule has 4 heterocycles. The number of nitrogens with two attached hydrogens (primary N) is 1. The topological polar surface area (TPSA) is 126 Å². The number of aliphatic hydroxyl groups excluding tert-OH is 1. The number of halogens is 1. The van der Waals surface area contributed by atoms with Gasteiger partial charge in [-0.3, -0.25) is 9.71 Å². The first-order valence-corrected chi connectivity index (χ1v) is 18.9. The normalized spacial score (nSPS) is 23.3. The summed E-state index contributed by atoms with van der Waals surface area (Å²) in [5.74, 6) is 7.71. The molecular weight excluding hydrogens is 558 g/mol. The Balaban J connectivity index is 1.46. The maximum absolute atomic E-state index is 10.1. The smallest absolute Gasteiger partial charge is 0.301 e. The summed E-state index contributed by atoms with van der Waals surface area (Å²) in [7, 11) is -3.16. The van der Waals surface area contributed by atoms with Crippen LogP contribution in [0.2, 0.25) is 30.7 Å². The fourth-order valence-corrected chi connectivity index (χ4v) is 6.18. The number of anilines is 1. The highest BCUT2D eigenvalue weighted by molar-refractivity contribution is 8.26. The highest BCUT2D eigenvalue weighted by Gasteiger charge is 2.49. The lowest BCUT2D eigenvalue weighted by Crippen LogP contribution is -2.35. The molecule has 13 heteroatoms. The van der Waals surface area contributed by atoms with Crippen LogP contribution in [0.1, 0.15) is 0 Å². The third-order valence-electron chi connectivity index (χ3n) is 6.57. The van der Waals surface area contributed by atoms with Gasteiger partial charge in [0.15, 0.2) is 11.8 Å². The van der Waals surface area contributed by atoms with Crippen LogP contribution in [0.25, 0.3) is 22.4 Å². The molecule has 4 unspecified atom stereocenters. The van der Waals surface area contributed by atoms with Crippen molar-refractivity contribution in [3.05, 3.63) is 35.4 Å². The summed E-state index contributed by atoms with van der Waals surface area (Å²) in [6.45, 7) is 8.28. The average molecular weight is 594 g/mol. The summed E-state index contributed by atoms with van der Waals surface area (Å²) >= 11 is 6.68. The first-order chi connectivity index (χ1) is 18.4. The lowest BCUT2D eigenvalue weighted by Gasteiger charge is -2.19. The molecule has 2 aromatic heterocycles. The number of hydrogen-bond acceptors (Lipinski definition) is 9. The van der Waals surface area contributed by atoms with Gasteiger partial charge in [-0.2, -0.15) is 4.98 Å². The predicted octanol–water partition coefficient (Wildman–Crippen LogP) is 3.84. The van der Waals surface area contributed by atoms with E-state index < -0.39 is 36.0 Å². The van der Waals surface area contributed by atoms with Gasteiger partial charge in [-0.1, -0.05) is 53.0 Å². The summed E-state index contributed by atoms with van der Waals surface area (Å²) in [4.78, 5) is 9.60. The van der Waals surface area contributed by atoms with E-state index in [0.717, 1.165) is 17.3 Å². The van der Waals surface area contributed by atoms with E-state index in [1.54, 1.807) is 6.07 Å². The van der Waals surface area contributed by atoms with Gasteiger partial charge in [0.05, 0.1) is 23.9 Å². The number of imidazole rings is 1.